The van der Waals surface area contributed by atoms with Crippen LogP contribution in [0.15, 0.2) is 30.3 Å². The van der Waals surface area contributed by atoms with Crippen molar-refractivity contribution in [2.75, 3.05) is 6.54 Å². The Kier molecular flexibility index (Phi) is 2.51. The van der Waals surface area contributed by atoms with Crippen LogP contribution in [0.25, 0.3) is 0 Å². The van der Waals surface area contributed by atoms with E-state index in [4.69, 9.17) is 5.41 Å². The second-order valence-electron chi connectivity index (χ2n) is 4.78. The van der Waals surface area contributed by atoms with Gasteiger partial charge in [-0.15, -0.1) is 0 Å². The summed E-state index contributed by atoms with van der Waals surface area (Å²) < 4.78 is 0. The zero-order valence-electron chi connectivity index (χ0n) is 9.46. The molecule has 0 spiro atoms. The monoisotopic (exact) mass is 202 g/mol. The molecule has 1 aromatic carbocycles. The summed E-state index contributed by atoms with van der Waals surface area (Å²) in [4.78, 5) is 2.21. The minimum Gasteiger partial charge on any atom is -0.351 e. The Morgan fingerprint density at radius 2 is 1.93 bits per heavy atom. The van der Waals surface area contributed by atoms with E-state index in [0.29, 0.717) is 5.84 Å². The Morgan fingerprint density at radius 3 is 2.47 bits per heavy atom. The van der Waals surface area contributed by atoms with Crippen LogP contribution in [0, 0.1) is 5.41 Å². The smallest absolute Gasteiger partial charge is 0.128 e. The Hall–Kier alpha value is -1.31. The molecule has 2 rings (SSSR count). The maximum absolute atomic E-state index is 8.21. The summed E-state index contributed by atoms with van der Waals surface area (Å²) in [5.74, 6) is 0.665. The number of nitrogens with zero attached hydrogens (tertiary/aromatic N) is 1. The van der Waals surface area contributed by atoms with Crippen LogP contribution >= 0.6 is 0 Å². The van der Waals surface area contributed by atoms with Crippen LogP contribution in [0.2, 0.25) is 0 Å². The lowest BCUT2D eigenvalue weighted by Gasteiger charge is -2.33. The molecule has 1 aliphatic heterocycles. The largest absolute Gasteiger partial charge is 0.351 e. The fraction of sp³-hybridized carbons (Fsp3) is 0.462. The van der Waals surface area contributed by atoms with Crippen molar-refractivity contribution in [1.29, 1.82) is 5.41 Å². The molecule has 0 aromatic heterocycles. The molecule has 0 atom stereocenters. The molecule has 0 unspecified atom stereocenters. The lowest BCUT2D eigenvalue weighted by atomic mass is 10.0. The average Bonchev–Trinajstić information content (AvgIpc) is 2.58. The summed E-state index contributed by atoms with van der Waals surface area (Å²) in [6, 6.07) is 10.00. The zero-order valence-corrected chi connectivity index (χ0v) is 9.46. The van der Waals surface area contributed by atoms with E-state index in [0.717, 1.165) is 12.1 Å². The third-order valence-electron chi connectivity index (χ3n) is 3.22. The van der Waals surface area contributed by atoms with Gasteiger partial charge in [0, 0.05) is 17.6 Å². The molecule has 2 nitrogen and oxygen atoms in total. The second kappa shape index (κ2) is 3.69. The summed E-state index contributed by atoms with van der Waals surface area (Å²) in [6.07, 6.45) is 2.38. The Labute approximate surface area is 91.4 Å². The van der Waals surface area contributed by atoms with Gasteiger partial charge in [-0.05, 0) is 26.7 Å². The number of hydrogen-bond donors (Lipinski definition) is 1. The third kappa shape index (κ3) is 1.89. The fourth-order valence-corrected chi connectivity index (χ4v) is 2.27. The first kappa shape index (κ1) is 10.2. The topological polar surface area (TPSA) is 27.1 Å². The van der Waals surface area contributed by atoms with Gasteiger partial charge < -0.3 is 4.90 Å². The minimum absolute atomic E-state index is 0.146. The van der Waals surface area contributed by atoms with E-state index < -0.39 is 0 Å². The van der Waals surface area contributed by atoms with Gasteiger partial charge in [0.2, 0.25) is 0 Å². The van der Waals surface area contributed by atoms with Gasteiger partial charge in [-0.1, -0.05) is 30.3 Å². The van der Waals surface area contributed by atoms with Crippen molar-refractivity contribution < 1.29 is 0 Å². The number of amidine groups is 1. The summed E-state index contributed by atoms with van der Waals surface area (Å²) in [5.41, 5.74) is 1.17. The lowest BCUT2D eigenvalue weighted by molar-refractivity contribution is 0.281. The van der Waals surface area contributed by atoms with Crippen LogP contribution in [0.1, 0.15) is 32.3 Å². The number of rotatable bonds is 1. The number of nitrogens with one attached hydrogen (secondary N) is 1. The molecule has 1 N–H and O–H groups in total. The van der Waals surface area contributed by atoms with Crippen molar-refractivity contribution >= 4 is 5.84 Å². The molecular formula is C13H18N2. The molecule has 1 fully saturated rings. The SMILES string of the molecule is CC1(C)CCCN1C(=N)c1ccccc1. The highest BCUT2D eigenvalue weighted by Crippen LogP contribution is 2.29. The highest BCUT2D eigenvalue weighted by Gasteiger charge is 2.33. The van der Waals surface area contributed by atoms with Crippen LogP contribution in [-0.2, 0) is 0 Å². The van der Waals surface area contributed by atoms with Crippen LogP contribution in [0.5, 0.6) is 0 Å². The van der Waals surface area contributed by atoms with Crippen molar-refractivity contribution in [1.82, 2.24) is 4.90 Å². The first-order chi connectivity index (χ1) is 7.11. The van der Waals surface area contributed by atoms with Gasteiger partial charge in [-0.3, -0.25) is 5.41 Å². The molecule has 0 radical (unpaired) electrons. The van der Waals surface area contributed by atoms with Crippen LogP contribution < -0.4 is 0 Å². The molecule has 15 heavy (non-hydrogen) atoms. The van der Waals surface area contributed by atoms with Crippen LogP contribution in [0.3, 0.4) is 0 Å². The van der Waals surface area contributed by atoms with E-state index >= 15 is 0 Å². The first-order valence-electron chi connectivity index (χ1n) is 5.53. The number of likely N-dealkylation sites (tertiary alicyclic amines) is 1. The van der Waals surface area contributed by atoms with Gasteiger partial charge in [0.25, 0.3) is 0 Å². The van der Waals surface area contributed by atoms with Crippen LogP contribution in [-0.4, -0.2) is 22.8 Å². The van der Waals surface area contributed by atoms with Crippen LogP contribution in [0.4, 0.5) is 0 Å². The molecular weight excluding hydrogens is 184 g/mol. The standard InChI is InChI=1S/C13H18N2/c1-13(2)9-6-10-15(13)12(14)11-7-4-3-5-8-11/h3-5,7-8,14H,6,9-10H2,1-2H3. The fourth-order valence-electron chi connectivity index (χ4n) is 2.27. The number of benzene rings is 1. The Morgan fingerprint density at radius 1 is 1.27 bits per heavy atom. The molecule has 0 amide bonds. The van der Waals surface area contributed by atoms with Crippen molar-refractivity contribution in [3.63, 3.8) is 0 Å². The van der Waals surface area contributed by atoms with Crippen molar-refractivity contribution in [2.45, 2.75) is 32.2 Å². The normalized spacial score (nSPS) is 19.2. The predicted octanol–water partition coefficient (Wildman–Crippen LogP) is 2.89. The molecule has 1 heterocycles. The summed E-state index contributed by atoms with van der Waals surface area (Å²) in [5, 5.41) is 8.21. The quantitative estimate of drug-likeness (QED) is 0.550. The first-order valence-corrected chi connectivity index (χ1v) is 5.53. The van der Waals surface area contributed by atoms with Gasteiger partial charge in [0.1, 0.15) is 5.84 Å². The minimum atomic E-state index is 0.146. The molecule has 2 heteroatoms. The Balaban J connectivity index is 2.22. The van der Waals surface area contributed by atoms with E-state index in [1.807, 2.05) is 30.3 Å². The molecule has 80 valence electrons. The molecule has 1 aromatic rings. The van der Waals surface area contributed by atoms with E-state index in [-0.39, 0.29) is 5.54 Å². The van der Waals surface area contributed by atoms with E-state index in [9.17, 15) is 0 Å². The van der Waals surface area contributed by atoms with Gasteiger partial charge in [-0.2, -0.15) is 0 Å². The highest BCUT2D eigenvalue weighted by molar-refractivity contribution is 5.96. The Bertz CT molecular complexity index is 354. The zero-order chi connectivity index (χ0) is 10.9. The van der Waals surface area contributed by atoms with Crippen molar-refractivity contribution in [3.05, 3.63) is 35.9 Å². The maximum Gasteiger partial charge on any atom is 0.128 e. The third-order valence-corrected chi connectivity index (χ3v) is 3.22. The molecule has 0 aliphatic carbocycles. The van der Waals surface area contributed by atoms with E-state index in [2.05, 4.69) is 18.7 Å². The summed E-state index contributed by atoms with van der Waals surface area (Å²) in [7, 11) is 0. The van der Waals surface area contributed by atoms with Gasteiger partial charge in [0.05, 0.1) is 0 Å². The van der Waals surface area contributed by atoms with Crippen molar-refractivity contribution in [2.24, 2.45) is 0 Å². The molecule has 1 saturated heterocycles. The van der Waals surface area contributed by atoms with Gasteiger partial charge >= 0.3 is 0 Å². The molecule has 0 saturated carbocycles. The second-order valence-corrected chi connectivity index (χ2v) is 4.78. The van der Waals surface area contributed by atoms with E-state index in [1.54, 1.807) is 0 Å². The number of hydrogen-bond acceptors (Lipinski definition) is 1. The summed E-state index contributed by atoms with van der Waals surface area (Å²) >= 11 is 0. The maximum atomic E-state index is 8.21. The van der Waals surface area contributed by atoms with E-state index in [1.165, 1.54) is 12.8 Å². The lowest BCUT2D eigenvalue weighted by Crippen LogP contribution is -2.42. The predicted molar refractivity (Wildman–Crippen MR) is 63.3 cm³/mol. The van der Waals surface area contributed by atoms with Gasteiger partial charge in [0.15, 0.2) is 0 Å². The highest BCUT2D eigenvalue weighted by atomic mass is 15.2. The summed E-state index contributed by atoms with van der Waals surface area (Å²) in [6.45, 7) is 5.45. The molecule has 1 aliphatic rings. The van der Waals surface area contributed by atoms with Crippen molar-refractivity contribution in [3.8, 4) is 0 Å². The molecule has 0 bridgehead atoms. The average molecular weight is 202 g/mol. The van der Waals surface area contributed by atoms with Gasteiger partial charge in [-0.25, -0.2) is 0 Å².